The van der Waals surface area contributed by atoms with Crippen molar-refractivity contribution in [2.75, 3.05) is 0 Å². The van der Waals surface area contributed by atoms with Crippen LogP contribution in [-0.4, -0.2) is 15.1 Å². The van der Waals surface area contributed by atoms with Crippen LogP contribution in [-0.2, 0) is 6.61 Å². The fourth-order valence-corrected chi connectivity index (χ4v) is 1.95. The zero-order valence-electron chi connectivity index (χ0n) is 8.19. The summed E-state index contributed by atoms with van der Waals surface area (Å²) in [6.07, 6.45) is 3.22. The van der Waals surface area contributed by atoms with E-state index in [0.29, 0.717) is 27.0 Å². The third-order valence-electron chi connectivity index (χ3n) is 2.13. The van der Waals surface area contributed by atoms with E-state index < -0.39 is 0 Å². The summed E-state index contributed by atoms with van der Waals surface area (Å²) in [5, 5.41) is 9.97. The lowest BCUT2D eigenvalue weighted by molar-refractivity contribution is 0.282. The summed E-state index contributed by atoms with van der Waals surface area (Å²) in [4.78, 5) is 8.17. The van der Waals surface area contributed by atoms with Gasteiger partial charge in [0.25, 0.3) is 0 Å². The molecule has 1 aromatic carbocycles. The fourth-order valence-electron chi connectivity index (χ4n) is 1.35. The highest BCUT2D eigenvalue weighted by molar-refractivity contribution is 6.39. The van der Waals surface area contributed by atoms with Crippen molar-refractivity contribution in [2.24, 2.45) is 0 Å². The second kappa shape index (κ2) is 4.78. The van der Waals surface area contributed by atoms with E-state index in [4.69, 9.17) is 28.3 Å². The average molecular weight is 255 g/mol. The molecule has 0 atom stereocenters. The number of hydrogen-bond donors (Lipinski definition) is 1. The summed E-state index contributed by atoms with van der Waals surface area (Å²) in [6.45, 7) is -0.143. The van der Waals surface area contributed by atoms with Gasteiger partial charge in [0.15, 0.2) is 5.82 Å². The Morgan fingerprint density at radius 3 is 2.44 bits per heavy atom. The van der Waals surface area contributed by atoms with Crippen LogP contribution >= 0.6 is 23.2 Å². The van der Waals surface area contributed by atoms with E-state index in [1.807, 2.05) is 0 Å². The van der Waals surface area contributed by atoms with Crippen LogP contribution in [0.5, 0.6) is 0 Å². The first-order valence-corrected chi connectivity index (χ1v) is 5.34. The number of aliphatic hydroxyl groups is 1. The third kappa shape index (κ3) is 2.02. The van der Waals surface area contributed by atoms with E-state index in [-0.39, 0.29) is 6.61 Å². The molecule has 0 unspecified atom stereocenters. The van der Waals surface area contributed by atoms with Gasteiger partial charge >= 0.3 is 0 Å². The van der Waals surface area contributed by atoms with Gasteiger partial charge in [-0.15, -0.1) is 0 Å². The van der Waals surface area contributed by atoms with Crippen LogP contribution in [0.3, 0.4) is 0 Å². The smallest absolute Gasteiger partial charge is 0.162 e. The van der Waals surface area contributed by atoms with E-state index in [2.05, 4.69) is 9.97 Å². The molecular formula is C11H8Cl2N2O. The minimum absolute atomic E-state index is 0.143. The van der Waals surface area contributed by atoms with Crippen LogP contribution in [0.2, 0.25) is 10.0 Å². The van der Waals surface area contributed by atoms with Crippen molar-refractivity contribution in [3.63, 3.8) is 0 Å². The molecule has 1 aromatic heterocycles. The predicted octanol–water partition coefficient (Wildman–Crippen LogP) is 2.94. The molecule has 1 heterocycles. The van der Waals surface area contributed by atoms with Gasteiger partial charge in [0, 0.05) is 12.4 Å². The second-order valence-electron chi connectivity index (χ2n) is 3.13. The third-order valence-corrected chi connectivity index (χ3v) is 2.88. The molecule has 0 amide bonds. The molecule has 3 nitrogen and oxygen atoms in total. The van der Waals surface area contributed by atoms with Crippen molar-refractivity contribution >= 4 is 23.2 Å². The van der Waals surface area contributed by atoms with E-state index in [0.717, 1.165) is 0 Å². The van der Waals surface area contributed by atoms with Gasteiger partial charge in [0.2, 0.25) is 0 Å². The van der Waals surface area contributed by atoms with Crippen molar-refractivity contribution < 1.29 is 5.11 Å². The van der Waals surface area contributed by atoms with E-state index in [1.165, 1.54) is 0 Å². The Morgan fingerprint density at radius 1 is 1.12 bits per heavy atom. The number of aliphatic hydroxyl groups excluding tert-OH is 1. The van der Waals surface area contributed by atoms with E-state index >= 15 is 0 Å². The predicted molar refractivity (Wildman–Crippen MR) is 63.4 cm³/mol. The Labute approximate surface area is 103 Å². The van der Waals surface area contributed by atoms with Crippen LogP contribution in [0.1, 0.15) is 5.56 Å². The fraction of sp³-hybridized carbons (Fsp3) is 0.0909. The summed E-state index contributed by atoms with van der Waals surface area (Å²) >= 11 is 12.2. The van der Waals surface area contributed by atoms with Gasteiger partial charge in [-0.05, 0) is 17.7 Å². The normalized spacial score (nSPS) is 10.4. The Balaban J connectivity index is 2.64. The molecule has 0 aliphatic heterocycles. The monoisotopic (exact) mass is 254 g/mol. The summed E-state index contributed by atoms with van der Waals surface area (Å²) in [5.74, 6) is 0.452. The van der Waals surface area contributed by atoms with Gasteiger partial charge in [0.1, 0.15) is 0 Å². The standard InChI is InChI=1S/C11H8Cl2N2O/c12-8-3-2-7(6-16)10(13)9(8)11-14-4-1-5-15-11/h1-5,16H,6H2. The van der Waals surface area contributed by atoms with Crippen molar-refractivity contribution in [2.45, 2.75) is 6.61 Å². The van der Waals surface area contributed by atoms with E-state index in [9.17, 15) is 0 Å². The molecular weight excluding hydrogens is 247 g/mol. The molecule has 1 N–H and O–H groups in total. The first-order chi connectivity index (χ1) is 7.74. The molecule has 0 aliphatic carbocycles. The van der Waals surface area contributed by atoms with Crippen LogP contribution in [0.15, 0.2) is 30.6 Å². The van der Waals surface area contributed by atoms with Gasteiger partial charge in [-0.1, -0.05) is 29.3 Å². The maximum Gasteiger partial charge on any atom is 0.162 e. The van der Waals surface area contributed by atoms with Gasteiger partial charge in [-0.25, -0.2) is 9.97 Å². The molecule has 82 valence electrons. The van der Waals surface area contributed by atoms with E-state index in [1.54, 1.807) is 30.6 Å². The van der Waals surface area contributed by atoms with Crippen molar-refractivity contribution in [3.05, 3.63) is 46.2 Å². The Bertz CT molecular complexity index is 503. The first-order valence-electron chi connectivity index (χ1n) is 4.59. The molecule has 0 bridgehead atoms. The zero-order chi connectivity index (χ0) is 11.5. The molecule has 16 heavy (non-hydrogen) atoms. The van der Waals surface area contributed by atoms with Crippen molar-refractivity contribution in [1.82, 2.24) is 9.97 Å². The summed E-state index contributed by atoms with van der Waals surface area (Å²) in [5.41, 5.74) is 1.16. The number of hydrogen-bond acceptors (Lipinski definition) is 3. The minimum atomic E-state index is -0.143. The zero-order valence-corrected chi connectivity index (χ0v) is 9.70. The number of benzene rings is 1. The van der Waals surface area contributed by atoms with Crippen LogP contribution in [0, 0.1) is 0 Å². The van der Waals surface area contributed by atoms with Gasteiger partial charge in [0.05, 0.1) is 22.2 Å². The average Bonchev–Trinajstić information content (AvgIpc) is 2.31. The molecule has 2 aromatic rings. The maximum atomic E-state index is 9.11. The lowest BCUT2D eigenvalue weighted by Gasteiger charge is -2.08. The molecule has 0 spiro atoms. The SMILES string of the molecule is OCc1ccc(Cl)c(-c2ncccn2)c1Cl. The Morgan fingerprint density at radius 2 is 1.81 bits per heavy atom. The van der Waals surface area contributed by atoms with Crippen LogP contribution in [0.25, 0.3) is 11.4 Å². The minimum Gasteiger partial charge on any atom is -0.392 e. The van der Waals surface area contributed by atoms with Gasteiger partial charge in [-0.2, -0.15) is 0 Å². The first kappa shape index (κ1) is 11.3. The topological polar surface area (TPSA) is 46.0 Å². The lowest BCUT2D eigenvalue weighted by atomic mass is 10.1. The molecule has 0 aliphatic rings. The highest BCUT2D eigenvalue weighted by atomic mass is 35.5. The molecule has 2 rings (SSSR count). The summed E-state index contributed by atoms with van der Waals surface area (Å²) in [6, 6.07) is 5.06. The highest BCUT2D eigenvalue weighted by Crippen LogP contribution is 2.34. The van der Waals surface area contributed by atoms with Crippen molar-refractivity contribution in [1.29, 1.82) is 0 Å². The maximum absolute atomic E-state index is 9.11. The quantitative estimate of drug-likeness (QED) is 0.897. The molecule has 0 radical (unpaired) electrons. The Hall–Kier alpha value is -1.16. The number of nitrogens with zero attached hydrogens (tertiary/aromatic N) is 2. The molecule has 5 heteroatoms. The number of rotatable bonds is 2. The van der Waals surface area contributed by atoms with Crippen LogP contribution in [0.4, 0.5) is 0 Å². The molecule has 0 saturated carbocycles. The summed E-state index contributed by atoms with van der Waals surface area (Å²) < 4.78 is 0. The van der Waals surface area contributed by atoms with Gasteiger partial charge < -0.3 is 5.11 Å². The van der Waals surface area contributed by atoms with Crippen LogP contribution < -0.4 is 0 Å². The largest absolute Gasteiger partial charge is 0.392 e. The number of aromatic nitrogens is 2. The second-order valence-corrected chi connectivity index (χ2v) is 3.91. The lowest BCUT2D eigenvalue weighted by Crippen LogP contribution is -1.93. The van der Waals surface area contributed by atoms with Gasteiger partial charge in [-0.3, -0.25) is 0 Å². The Kier molecular flexibility index (Phi) is 3.39. The summed E-state index contributed by atoms with van der Waals surface area (Å²) in [7, 11) is 0. The molecule has 0 fully saturated rings. The number of halogens is 2. The highest BCUT2D eigenvalue weighted by Gasteiger charge is 2.13. The molecule has 0 saturated heterocycles. The van der Waals surface area contributed by atoms with Crippen molar-refractivity contribution in [3.8, 4) is 11.4 Å².